The number of para-hydroxylation sites is 1. The minimum Gasteiger partial charge on any atom is -0.354 e. The maximum atomic E-state index is 13.7. The fourth-order valence-corrected chi connectivity index (χ4v) is 4.72. The van der Waals surface area contributed by atoms with Gasteiger partial charge in [-0.2, -0.15) is 12.7 Å². The van der Waals surface area contributed by atoms with Gasteiger partial charge >= 0.3 is 10.2 Å². The van der Waals surface area contributed by atoms with Gasteiger partial charge < -0.3 is 10.2 Å². The van der Waals surface area contributed by atoms with Crippen molar-refractivity contribution in [2.75, 3.05) is 31.5 Å². The first-order valence-corrected chi connectivity index (χ1v) is 13.2. The summed E-state index contributed by atoms with van der Waals surface area (Å²) in [5.74, 6) is -0.438. The predicted molar refractivity (Wildman–Crippen MR) is 140 cm³/mol. The summed E-state index contributed by atoms with van der Waals surface area (Å²) in [5.41, 5.74) is 2.28. The Balaban J connectivity index is 2.46. The summed E-state index contributed by atoms with van der Waals surface area (Å²) in [6.07, 6.45) is 0.396. The Labute approximate surface area is 210 Å². The Bertz CT molecular complexity index is 1090. The van der Waals surface area contributed by atoms with Crippen molar-refractivity contribution in [3.8, 4) is 0 Å². The van der Waals surface area contributed by atoms with E-state index in [-0.39, 0.29) is 18.4 Å². The molecule has 0 aliphatic carbocycles. The number of rotatable bonds is 12. The number of benzene rings is 2. The molecule has 35 heavy (non-hydrogen) atoms. The average Bonchev–Trinajstić information content (AvgIpc) is 2.81. The van der Waals surface area contributed by atoms with Gasteiger partial charge in [-0.1, -0.05) is 68.8 Å². The number of hydrogen-bond acceptors (Lipinski definition) is 4. The third kappa shape index (κ3) is 7.80. The molecule has 2 rings (SSSR count). The van der Waals surface area contributed by atoms with Crippen molar-refractivity contribution < 1.29 is 18.0 Å². The summed E-state index contributed by atoms with van der Waals surface area (Å²) < 4.78 is 28.4. The molecule has 0 spiro atoms. The molecule has 0 unspecified atom stereocenters. The van der Waals surface area contributed by atoms with Gasteiger partial charge in [-0.25, -0.2) is 4.31 Å². The summed E-state index contributed by atoms with van der Waals surface area (Å²) in [5, 5.41) is 2.93. The highest BCUT2D eigenvalue weighted by Gasteiger charge is 2.33. The standard InChI is InChI=1S/C26H38N4O4S/c1-7-24(26(32)27-17-20(2)3)29(18-22-13-11-12-21(4)16-22)25(31)19-30(35(33,34)28(5)6)23-14-9-8-10-15-23/h8-16,20,24H,7,17-19H2,1-6H3,(H,27,32)/t24-/m0/s1. The van der Waals surface area contributed by atoms with Crippen molar-refractivity contribution in [3.05, 3.63) is 65.7 Å². The van der Waals surface area contributed by atoms with E-state index in [1.165, 1.54) is 19.0 Å². The number of carbonyl (C=O) groups excluding carboxylic acids is 2. The van der Waals surface area contributed by atoms with Gasteiger partial charge in [-0.15, -0.1) is 0 Å². The molecule has 9 heteroatoms. The fraction of sp³-hybridized carbons (Fsp3) is 0.462. The molecule has 2 aromatic rings. The minimum atomic E-state index is -3.96. The van der Waals surface area contributed by atoms with Crippen molar-refractivity contribution in [1.82, 2.24) is 14.5 Å². The van der Waals surface area contributed by atoms with Gasteiger partial charge in [0.1, 0.15) is 12.6 Å². The number of anilines is 1. The molecule has 192 valence electrons. The zero-order valence-electron chi connectivity index (χ0n) is 21.6. The van der Waals surface area contributed by atoms with Crippen LogP contribution < -0.4 is 9.62 Å². The minimum absolute atomic E-state index is 0.193. The molecule has 0 saturated heterocycles. The Kier molecular flexibility index (Phi) is 10.3. The van der Waals surface area contributed by atoms with Crippen molar-refractivity contribution in [3.63, 3.8) is 0 Å². The van der Waals surface area contributed by atoms with Crippen LogP contribution in [0.5, 0.6) is 0 Å². The monoisotopic (exact) mass is 502 g/mol. The third-order valence-corrected chi connectivity index (χ3v) is 7.39. The van der Waals surface area contributed by atoms with Gasteiger partial charge in [0.25, 0.3) is 0 Å². The molecule has 0 heterocycles. The highest BCUT2D eigenvalue weighted by atomic mass is 32.2. The summed E-state index contributed by atoms with van der Waals surface area (Å²) in [6.45, 7) is 8.07. The molecular weight excluding hydrogens is 464 g/mol. The quantitative estimate of drug-likeness (QED) is 0.483. The second-order valence-electron chi connectivity index (χ2n) is 9.21. The first-order chi connectivity index (χ1) is 16.5. The lowest BCUT2D eigenvalue weighted by molar-refractivity contribution is -0.140. The van der Waals surface area contributed by atoms with Crippen LogP contribution in [0.25, 0.3) is 0 Å². The normalized spacial score (nSPS) is 12.5. The van der Waals surface area contributed by atoms with Crippen molar-refractivity contribution >= 4 is 27.7 Å². The van der Waals surface area contributed by atoms with E-state index in [4.69, 9.17) is 0 Å². The molecule has 8 nitrogen and oxygen atoms in total. The molecule has 0 aliphatic heterocycles. The Hall–Kier alpha value is -2.91. The van der Waals surface area contributed by atoms with Crippen LogP contribution in [-0.2, 0) is 26.3 Å². The number of aryl methyl sites for hydroxylation is 1. The average molecular weight is 503 g/mol. The summed E-state index contributed by atoms with van der Waals surface area (Å²) in [4.78, 5) is 28.3. The largest absolute Gasteiger partial charge is 0.354 e. The second-order valence-corrected chi connectivity index (χ2v) is 11.3. The molecule has 0 aliphatic rings. The molecule has 0 bridgehead atoms. The zero-order chi connectivity index (χ0) is 26.2. The Morgan fingerprint density at radius 3 is 2.20 bits per heavy atom. The number of amides is 2. The fourth-order valence-electron chi connectivity index (χ4n) is 3.66. The summed E-state index contributed by atoms with van der Waals surface area (Å²) in [7, 11) is -1.11. The van der Waals surface area contributed by atoms with E-state index in [1.807, 2.05) is 52.0 Å². The van der Waals surface area contributed by atoms with Crippen LogP contribution in [0.3, 0.4) is 0 Å². The van der Waals surface area contributed by atoms with E-state index in [0.29, 0.717) is 18.7 Å². The summed E-state index contributed by atoms with van der Waals surface area (Å²) >= 11 is 0. The zero-order valence-corrected chi connectivity index (χ0v) is 22.4. The summed E-state index contributed by atoms with van der Waals surface area (Å²) in [6, 6.07) is 15.5. The van der Waals surface area contributed by atoms with Gasteiger partial charge in [-0.05, 0) is 37.0 Å². The maximum absolute atomic E-state index is 13.7. The molecule has 0 aromatic heterocycles. The number of nitrogens with zero attached hydrogens (tertiary/aromatic N) is 3. The van der Waals surface area contributed by atoms with Gasteiger partial charge in [0.2, 0.25) is 11.8 Å². The predicted octanol–water partition coefficient (Wildman–Crippen LogP) is 3.19. The lowest BCUT2D eigenvalue weighted by atomic mass is 10.1. The van der Waals surface area contributed by atoms with Gasteiger partial charge in [0.15, 0.2) is 0 Å². The lowest BCUT2D eigenvalue weighted by Gasteiger charge is -2.34. The van der Waals surface area contributed by atoms with Crippen molar-refractivity contribution in [2.45, 2.75) is 46.7 Å². The van der Waals surface area contributed by atoms with E-state index < -0.39 is 28.7 Å². The van der Waals surface area contributed by atoms with E-state index in [1.54, 1.807) is 30.3 Å². The lowest BCUT2D eigenvalue weighted by Crippen LogP contribution is -2.53. The van der Waals surface area contributed by atoms with Crippen LogP contribution in [0.2, 0.25) is 0 Å². The van der Waals surface area contributed by atoms with E-state index in [9.17, 15) is 18.0 Å². The molecule has 2 aromatic carbocycles. The van der Waals surface area contributed by atoms with Crippen LogP contribution >= 0.6 is 0 Å². The topological polar surface area (TPSA) is 90.0 Å². The highest BCUT2D eigenvalue weighted by molar-refractivity contribution is 7.90. The second kappa shape index (κ2) is 12.7. The Morgan fingerprint density at radius 1 is 1.00 bits per heavy atom. The van der Waals surface area contributed by atoms with Crippen LogP contribution in [0, 0.1) is 12.8 Å². The molecular formula is C26H38N4O4S. The smallest absolute Gasteiger partial charge is 0.304 e. The van der Waals surface area contributed by atoms with Crippen LogP contribution in [0.1, 0.15) is 38.3 Å². The van der Waals surface area contributed by atoms with E-state index >= 15 is 0 Å². The maximum Gasteiger partial charge on any atom is 0.304 e. The third-order valence-electron chi connectivity index (χ3n) is 5.57. The number of carbonyl (C=O) groups is 2. The van der Waals surface area contributed by atoms with Crippen molar-refractivity contribution in [1.29, 1.82) is 0 Å². The van der Waals surface area contributed by atoms with Crippen LogP contribution in [0.15, 0.2) is 54.6 Å². The van der Waals surface area contributed by atoms with E-state index in [0.717, 1.165) is 19.7 Å². The highest BCUT2D eigenvalue weighted by Crippen LogP contribution is 2.21. The number of nitrogens with one attached hydrogen (secondary N) is 1. The SMILES string of the molecule is CC[C@@H](C(=O)NCC(C)C)N(Cc1cccc(C)c1)C(=O)CN(c1ccccc1)S(=O)(=O)N(C)C. The van der Waals surface area contributed by atoms with Gasteiger partial charge in [-0.3, -0.25) is 9.59 Å². The van der Waals surface area contributed by atoms with Gasteiger partial charge in [0.05, 0.1) is 5.69 Å². The van der Waals surface area contributed by atoms with Crippen LogP contribution in [-0.4, -0.2) is 62.7 Å². The number of hydrogen-bond donors (Lipinski definition) is 1. The molecule has 1 N–H and O–H groups in total. The molecule has 0 saturated carbocycles. The first kappa shape index (κ1) is 28.3. The Morgan fingerprint density at radius 2 is 1.66 bits per heavy atom. The molecule has 2 amide bonds. The van der Waals surface area contributed by atoms with Crippen LogP contribution in [0.4, 0.5) is 5.69 Å². The van der Waals surface area contributed by atoms with Gasteiger partial charge in [0, 0.05) is 27.2 Å². The molecule has 0 fully saturated rings. The van der Waals surface area contributed by atoms with E-state index in [2.05, 4.69) is 5.32 Å². The molecule has 1 atom stereocenters. The van der Waals surface area contributed by atoms with Crippen molar-refractivity contribution in [2.24, 2.45) is 5.92 Å². The molecule has 0 radical (unpaired) electrons. The first-order valence-electron chi connectivity index (χ1n) is 11.8.